The Bertz CT molecular complexity index is 1390. The summed E-state index contributed by atoms with van der Waals surface area (Å²) in [6.45, 7) is 4.08. The first kappa shape index (κ1) is 19.3. The molecule has 1 N–H and O–H groups in total. The van der Waals surface area contributed by atoms with Gasteiger partial charge in [0.15, 0.2) is 5.65 Å². The van der Waals surface area contributed by atoms with Crippen LogP contribution in [0.1, 0.15) is 11.1 Å². The number of anilines is 2. The van der Waals surface area contributed by atoms with Gasteiger partial charge in [-0.2, -0.15) is 0 Å². The summed E-state index contributed by atoms with van der Waals surface area (Å²) in [6.07, 6.45) is 3.71. The molecule has 152 valence electrons. The highest BCUT2D eigenvalue weighted by atomic mass is 35.5. The molecule has 0 unspecified atom stereocenters. The van der Waals surface area contributed by atoms with Gasteiger partial charge in [-0.1, -0.05) is 66.2 Å². The van der Waals surface area contributed by atoms with Crippen molar-refractivity contribution >= 4 is 34.1 Å². The number of halogens is 1. The minimum atomic E-state index is 0.730. The summed E-state index contributed by atoms with van der Waals surface area (Å²) in [5.41, 5.74) is 7.17. The van der Waals surface area contributed by atoms with E-state index in [4.69, 9.17) is 11.6 Å². The zero-order chi connectivity index (χ0) is 21.4. The van der Waals surface area contributed by atoms with Crippen LogP contribution in [0.2, 0.25) is 5.02 Å². The van der Waals surface area contributed by atoms with Gasteiger partial charge in [0.2, 0.25) is 0 Å². The first-order chi connectivity index (χ1) is 15.1. The van der Waals surface area contributed by atoms with Crippen LogP contribution in [0.5, 0.6) is 0 Å². The van der Waals surface area contributed by atoms with Crippen molar-refractivity contribution in [3.8, 4) is 16.8 Å². The second-order valence-electron chi connectivity index (χ2n) is 7.57. The number of para-hydroxylation sites is 1. The lowest BCUT2D eigenvalue weighted by atomic mass is 10.1. The number of hydrogen-bond donors (Lipinski definition) is 1. The number of hydrogen-bond acceptors (Lipinski definition) is 3. The highest BCUT2D eigenvalue weighted by Crippen LogP contribution is 2.37. The third kappa shape index (κ3) is 3.56. The number of nitrogens with zero attached hydrogens (tertiary/aromatic N) is 3. The van der Waals surface area contributed by atoms with Crippen LogP contribution in [0.3, 0.4) is 0 Å². The van der Waals surface area contributed by atoms with Crippen molar-refractivity contribution in [2.75, 3.05) is 5.32 Å². The maximum atomic E-state index is 6.44. The highest BCUT2D eigenvalue weighted by Gasteiger charge is 2.18. The van der Waals surface area contributed by atoms with Crippen LogP contribution < -0.4 is 5.32 Å². The van der Waals surface area contributed by atoms with Crippen LogP contribution in [-0.2, 0) is 0 Å². The number of aromatic nitrogens is 3. The standard InChI is InChI=1S/C26H21ClN4/c1-17-12-13-20(14-22(17)27)31-15-21(19-9-4-3-5-10-19)24-25(28-16-29-26(24)31)30-23-11-7-6-8-18(23)2/h3-16H,1-2H3,(H,28,29,30). The Labute approximate surface area is 186 Å². The summed E-state index contributed by atoms with van der Waals surface area (Å²) in [7, 11) is 0. The summed E-state index contributed by atoms with van der Waals surface area (Å²) in [4.78, 5) is 9.26. The summed E-state index contributed by atoms with van der Waals surface area (Å²) in [6, 6.07) is 24.6. The van der Waals surface area contributed by atoms with Gasteiger partial charge in [0.25, 0.3) is 0 Å². The van der Waals surface area contributed by atoms with Crippen LogP contribution in [-0.4, -0.2) is 14.5 Å². The molecular formula is C26H21ClN4. The zero-order valence-corrected chi connectivity index (χ0v) is 18.1. The molecule has 0 amide bonds. The lowest BCUT2D eigenvalue weighted by Crippen LogP contribution is -1.99. The van der Waals surface area contributed by atoms with Crippen molar-refractivity contribution in [3.05, 3.63) is 101 Å². The van der Waals surface area contributed by atoms with Gasteiger partial charge in [0, 0.05) is 28.2 Å². The summed E-state index contributed by atoms with van der Waals surface area (Å²) in [5, 5.41) is 5.22. The van der Waals surface area contributed by atoms with Crippen LogP contribution in [0, 0.1) is 13.8 Å². The van der Waals surface area contributed by atoms with Crippen molar-refractivity contribution in [1.29, 1.82) is 0 Å². The third-order valence-electron chi connectivity index (χ3n) is 5.50. The smallest absolute Gasteiger partial charge is 0.150 e. The van der Waals surface area contributed by atoms with Crippen LogP contribution >= 0.6 is 11.6 Å². The molecule has 2 heterocycles. The van der Waals surface area contributed by atoms with Crippen LogP contribution in [0.25, 0.3) is 27.8 Å². The van der Waals surface area contributed by atoms with Crippen molar-refractivity contribution in [2.45, 2.75) is 13.8 Å². The minimum Gasteiger partial charge on any atom is -0.339 e. The topological polar surface area (TPSA) is 42.7 Å². The minimum absolute atomic E-state index is 0.730. The number of nitrogens with one attached hydrogen (secondary N) is 1. The van der Waals surface area contributed by atoms with E-state index < -0.39 is 0 Å². The van der Waals surface area contributed by atoms with Crippen molar-refractivity contribution in [1.82, 2.24) is 14.5 Å². The lowest BCUT2D eigenvalue weighted by molar-refractivity contribution is 1.07. The Morgan fingerprint density at radius 3 is 2.39 bits per heavy atom. The largest absolute Gasteiger partial charge is 0.339 e. The molecule has 31 heavy (non-hydrogen) atoms. The molecule has 0 radical (unpaired) electrons. The molecule has 5 heteroatoms. The maximum absolute atomic E-state index is 6.44. The summed E-state index contributed by atoms with van der Waals surface area (Å²) >= 11 is 6.44. The fourth-order valence-corrected chi connectivity index (χ4v) is 3.94. The molecule has 0 saturated carbocycles. The van der Waals surface area contributed by atoms with Crippen molar-refractivity contribution < 1.29 is 0 Å². The predicted molar refractivity (Wildman–Crippen MR) is 129 cm³/mol. The van der Waals surface area contributed by atoms with E-state index in [0.717, 1.165) is 55.5 Å². The first-order valence-corrected chi connectivity index (χ1v) is 10.5. The summed E-state index contributed by atoms with van der Waals surface area (Å²) < 4.78 is 2.08. The van der Waals surface area contributed by atoms with E-state index in [1.807, 2.05) is 49.4 Å². The average Bonchev–Trinajstić information content (AvgIpc) is 3.19. The molecule has 0 atom stereocenters. The maximum Gasteiger partial charge on any atom is 0.150 e. The molecule has 0 aliphatic heterocycles. The number of aryl methyl sites for hydroxylation is 2. The Hall–Kier alpha value is -3.63. The quantitative estimate of drug-likeness (QED) is 0.334. The fourth-order valence-electron chi connectivity index (χ4n) is 3.76. The third-order valence-corrected chi connectivity index (χ3v) is 5.91. The molecule has 0 spiro atoms. The van der Waals surface area contributed by atoms with E-state index in [1.54, 1.807) is 6.33 Å². The fraction of sp³-hybridized carbons (Fsp3) is 0.0769. The van der Waals surface area contributed by atoms with E-state index in [9.17, 15) is 0 Å². The van der Waals surface area contributed by atoms with Crippen LogP contribution in [0.4, 0.5) is 11.5 Å². The number of fused-ring (bicyclic) bond motifs is 1. The lowest BCUT2D eigenvalue weighted by Gasteiger charge is -2.11. The van der Waals surface area contributed by atoms with E-state index in [-0.39, 0.29) is 0 Å². The second-order valence-corrected chi connectivity index (χ2v) is 7.98. The van der Waals surface area contributed by atoms with Gasteiger partial charge in [0.05, 0.1) is 5.39 Å². The van der Waals surface area contributed by atoms with Gasteiger partial charge >= 0.3 is 0 Å². The van der Waals surface area contributed by atoms with E-state index in [1.165, 1.54) is 0 Å². The molecule has 4 nitrogen and oxygen atoms in total. The van der Waals surface area contributed by atoms with Crippen molar-refractivity contribution in [3.63, 3.8) is 0 Å². The molecule has 3 aromatic carbocycles. The zero-order valence-electron chi connectivity index (χ0n) is 17.3. The Morgan fingerprint density at radius 2 is 1.61 bits per heavy atom. The monoisotopic (exact) mass is 424 g/mol. The average molecular weight is 425 g/mol. The normalized spacial score (nSPS) is 11.1. The SMILES string of the molecule is Cc1ccc(-n2cc(-c3ccccc3)c3c(Nc4ccccc4C)ncnc32)cc1Cl. The van der Waals surface area contributed by atoms with Gasteiger partial charge < -0.3 is 9.88 Å². The Balaban J connectivity index is 1.77. The Kier molecular flexibility index (Phi) is 4.92. The molecule has 5 rings (SSSR count). The molecule has 0 fully saturated rings. The van der Waals surface area contributed by atoms with E-state index in [0.29, 0.717) is 0 Å². The van der Waals surface area contributed by atoms with E-state index in [2.05, 4.69) is 63.3 Å². The summed E-state index contributed by atoms with van der Waals surface area (Å²) in [5.74, 6) is 0.773. The molecule has 2 aromatic heterocycles. The van der Waals surface area contributed by atoms with Gasteiger partial charge in [0.1, 0.15) is 12.1 Å². The second kappa shape index (κ2) is 7.89. The van der Waals surface area contributed by atoms with E-state index >= 15 is 0 Å². The highest BCUT2D eigenvalue weighted by molar-refractivity contribution is 6.31. The molecule has 0 bridgehead atoms. The van der Waals surface area contributed by atoms with Gasteiger partial charge in [-0.15, -0.1) is 0 Å². The number of rotatable bonds is 4. The molecular weight excluding hydrogens is 404 g/mol. The molecule has 0 aliphatic carbocycles. The van der Waals surface area contributed by atoms with Gasteiger partial charge in [-0.05, 0) is 48.7 Å². The first-order valence-electron chi connectivity index (χ1n) is 10.1. The molecule has 0 aliphatic rings. The van der Waals surface area contributed by atoms with Gasteiger partial charge in [-0.3, -0.25) is 0 Å². The molecule has 0 saturated heterocycles. The van der Waals surface area contributed by atoms with Gasteiger partial charge in [-0.25, -0.2) is 9.97 Å². The molecule has 5 aromatic rings. The Morgan fingerprint density at radius 1 is 0.839 bits per heavy atom. The van der Waals surface area contributed by atoms with Crippen molar-refractivity contribution in [2.24, 2.45) is 0 Å². The predicted octanol–water partition coefficient (Wildman–Crippen LogP) is 7.10. The van der Waals surface area contributed by atoms with Crippen LogP contribution in [0.15, 0.2) is 85.3 Å². The number of benzene rings is 3.